The van der Waals surface area contributed by atoms with Crippen LogP contribution in [0.5, 0.6) is 0 Å². The molecule has 3 aromatic rings. The summed E-state index contributed by atoms with van der Waals surface area (Å²) in [5, 5.41) is 3.85. The average Bonchev–Trinajstić information content (AvgIpc) is 2.96. The van der Waals surface area contributed by atoms with Crippen LogP contribution in [0.4, 0.5) is 5.69 Å². The van der Waals surface area contributed by atoms with Crippen LogP contribution in [0.1, 0.15) is 43.2 Å². The molecule has 230 valence electrons. The first-order valence-electron chi connectivity index (χ1n) is 13.9. The smallest absolute Gasteiger partial charge is 0.244 e. The van der Waals surface area contributed by atoms with Crippen molar-refractivity contribution in [3.05, 3.63) is 97.9 Å². The van der Waals surface area contributed by atoms with E-state index in [1.165, 1.54) is 17.0 Å². The van der Waals surface area contributed by atoms with Gasteiger partial charge in [-0.1, -0.05) is 108 Å². The maximum atomic E-state index is 14.3. The molecule has 1 N–H and O–H groups in total. The zero-order valence-electron chi connectivity index (χ0n) is 23.6. The molecule has 0 bridgehead atoms. The Morgan fingerprint density at radius 3 is 2.16 bits per heavy atom. The van der Waals surface area contributed by atoms with E-state index in [1.54, 1.807) is 24.3 Å². The third-order valence-electron chi connectivity index (χ3n) is 7.40. The Kier molecular flexibility index (Phi) is 11.6. The monoisotopic (exact) mass is 683 g/mol. The van der Waals surface area contributed by atoms with Gasteiger partial charge in [-0.15, -0.1) is 0 Å². The van der Waals surface area contributed by atoms with E-state index in [2.05, 4.69) is 5.32 Å². The van der Waals surface area contributed by atoms with E-state index in [0.717, 1.165) is 48.2 Å². The summed E-state index contributed by atoms with van der Waals surface area (Å²) in [6.45, 7) is -0.610. The number of hydrogen-bond acceptors (Lipinski definition) is 4. The molecule has 0 heterocycles. The van der Waals surface area contributed by atoms with Crippen LogP contribution in [0, 0.1) is 0 Å². The summed E-state index contributed by atoms with van der Waals surface area (Å²) >= 11 is 24.9. The van der Waals surface area contributed by atoms with Crippen LogP contribution in [-0.2, 0) is 32.6 Å². The summed E-state index contributed by atoms with van der Waals surface area (Å²) in [5.41, 5.74) is 1.53. The molecule has 4 rings (SSSR count). The number of nitrogens with zero attached hydrogens (tertiary/aromatic N) is 2. The van der Waals surface area contributed by atoms with E-state index in [9.17, 15) is 18.0 Å². The van der Waals surface area contributed by atoms with Gasteiger partial charge in [0.1, 0.15) is 12.6 Å². The van der Waals surface area contributed by atoms with Gasteiger partial charge in [-0.3, -0.25) is 13.9 Å². The third-order valence-corrected chi connectivity index (χ3v) is 9.79. The zero-order chi connectivity index (χ0) is 31.1. The number of halogens is 4. The van der Waals surface area contributed by atoms with Gasteiger partial charge in [0.05, 0.1) is 27.0 Å². The van der Waals surface area contributed by atoms with Crippen molar-refractivity contribution in [2.24, 2.45) is 0 Å². The predicted molar refractivity (Wildman–Crippen MR) is 175 cm³/mol. The van der Waals surface area contributed by atoms with E-state index >= 15 is 0 Å². The lowest BCUT2D eigenvalue weighted by atomic mass is 9.94. The lowest BCUT2D eigenvalue weighted by molar-refractivity contribution is -0.140. The minimum atomic E-state index is -4.03. The van der Waals surface area contributed by atoms with Gasteiger partial charge in [0.25, 0.3) is 0 Å². The van der Waals surface area contributed by atoms with Crippen LogP contribution in [0.25, 0.3) is 0 Å². The molecular formula is C31H33Cl4N3O4S. The molecule has 1 fully saturated rings. The molecule has 1 aliphatic carbocycles. The maximum absolute atomic E-state index is 14.3. The first-order chi connectivity index (χ1) is 20.4. The van der Waals surface area contributed by atoms with Crippen molar-refractivity contribution < 1.29 is 18.0 Å². The van der Waals surface area contributed by atoms with Gasteiger partial charge >= 0.3 is 0 Å². The molecule has 0 aliphatic heterocycles. The minimum absolute atomic E-state index is 0.000823. The molecule has 1 aliphatic rings. The zero-order valence-corrected chi connectivity index (χ0v) is 27.5. The number of nitrogens with one attached hydrogen (secondary N) is 1. The van der Waals surface area contributed by atoms with E-state index in [1.807, 2.05) is 30.3 Å². The van der Waals surface area contributed by atoms with Crippen LogP contribution in [0.3, 0.4) is 0 Å². The summed E-state index contributed by atoms with van der Waals surface area (Å²) in [6.07, 6.45) is 6.08. The van der Waals surface area contributed by atoms with Crippen LogP contribution < -0.4 is 9.62 Å². The molecule has 0 aromatic heterocycles. The van der Waals surface area contributed by atoms with Crippen molar-refractivity contribution in [3.63, 3.8) is 0 Å². The van der Waals surface area contributed by atoms with Crippen molar-refractivity contribution in [1.29, 1.82) is 0 Å². The molecule has 1 atom stereocenters. The fourth-order valence-electron chi connectivity index (χ4n) is 5.23. The van der Waals surface area contributed by atoms with Crippen molar-refractivity contribution in [3.8, 4) is 0 Å². The highest BCUT2D eigenvalue weighted by Crippen LogP contribution is 2.36. The number of anilines is 1. The molecule has 12 heteroatoms. The predicted octanol–water partition coefficient (Wildman–Crippen LogP) is 7.16. The molecule has 0 saturated heterocycles. The minimum Gasteiger partial charge on any atom is -0.352 e. The number of hydrogen-bond donors (Lipinski definition) is 1. The number of amides is 2. The number of sulfonamides is 1. The van der Waals surface area contributed by atoms with Crippen LogP contribution in [-0.4, -0.2) is 50.0 Å². The fourth-order valence-corrected chi connectivity index (χ4v) is 6.99. The van der Waals surface area contributed by atoms with Gasteiger partial charge < -0.3 is 10.2 Å². The molecule has 2 amide bonds. The Balaban J connectivity index is 1.75. The van der Waals surface area contributed by atoms with Gasteiger partial charge in [0.2, 0.25) is 21.8 Å². The van der Waals surface area contributed by atoms with Gasteiger partial charge in [0, 0.05) is 24.0 Å². The highest BCUT2D eigenvalue weighted by atomic mass is 35.5. The number of benzene rings is 3. The van der Waals surface area contributed by atoms with Gasteiger partial charge in [-0.25, -0.2) is 8.42 Å². The van der Waals surface area contributed by atoms with E-state index in [0.29, 0.717) is 10.6 Å². The third kappa shape index (κ3) is 9.25. The summed E-state index contributed by atoms with van der Waals surface area (Å²) < 4.78 is 26.9. The van der Waals surface area contributed by atoms with Crippen molar-refractivity contribution in [2.45, 2.75) is 57.2 Å². The molecule has 0 unspecified atom stereocenters. The summed E-state index contributed by atoms with van der Waals surface area (Å²) in [4.78, 5) is 29.7. The first-order valence-corrected chi connectivity index (χ1v) is 17.3. The molecule has 7 nitrogen and oxygen atoms in total. The van der Waals surface area contributed by atoms with Crippen molar-refractivity contribution in [1.82, 2.24) is 10.2 Å². The Labute approximate surface area is 273 Å². The lowest BCUT2D eigenvalue weighted by Crippen LogP contribution is -2.55. The molecular weight excluding hydrogens is 652 g/mol. The Morgan fingerprint density at radius 2 is 1.51 bits per heavy atom. The summed E-state index contributed by atoms with van der Waals surface area (Å²) in [5.74, 6) is -0.906. The second-order valence-electron chi connectivity index (χ2n) is 10.7. The quantitative estimate of drug-likeness (QED) is 0.217. The second kappa shape index (κ2) is 15.0. The largest absolute Gasteiger partial charge is 0.352 e. The Bertz CT molecular complexity index is 1550. The molecule has 0 radical (unpaired) electrons. The standard InChI is InChI=1S/C31H33Cl4N3O4S/c1-43(41,42)38(28-18-26(34)25(33)17-27(28)35)20-30(39)37(19-22-11-8-12-23(32)15-22)29(16-21-9-4-2-5-10-21)31(40)36-24-13-6-3-7-14-24/h2,4-5,8-12,15,17-18,24,29H,3,6-7,13-14,16,19-20H2,1H3,(H,36,40)/t29-/m0/s1. The normalized spacial score (nSPS) is 14.6. The van der Waals surface area contributed by atoms with Crippen LogP contribution in [0.2, 0.25) is 20.1 Å². The van der Waals surface area contributed by atoms with Crippen LogP contribution in [0.15, 0.2) is 66.7 Å². The summed E-state index contributed by atoms with van der Waals surface area (Å²) in [7, 11) is -4.03. The molecule has 3 aromatic carbocycles. The lowest BCUT2D eigenvalue weighted by Gasteiger charge is -2.35. The van der Waals surface area contributed by atoms with Crippen molar-refractivity contribution >= 4 is 73.9 Å². The fraction of sp³-hybridized carbons (Fsp3) is 0.355. The number of carbonyl (C=O) groups excluding carboxylic acids is 2. The first kappa shape index (κ1) is 33.4. The summed E-state index contributed by atoms with van der Waals surface area (Å²) in [6, 6.07) is 18.1. The van der Waals surface area contributed by atoms with E-state index in [-0.39, 0.29) is 45.7 Å². The molecule has 43 heavy (non-hydrogen) atoms. The topological polar surface area (TPSA) is 86.8 Å². The highest BCUT2D eigenvalue weighted by Gasteiger charge is 2.34. The molecule has 0 spiro atoms. The van der Waals surface area contributed by atoms with E-state index < -0.39 is 28.5 Å². The Morgan fingerprint density at radius 1 is 0.860 bits per heavy atom. The second-order valence-corrected chi connectivity index (χ2v) is 14.3. The van der Waals surface area contributed by atoms with Crippen LogP contribution >= 0.6 is 46.4 Å². The van der Waals surface area contributed by atoms with Crippen molar-refractivity contribution in [2.75, 3.05) is 17.1 Å². The number of carbonyl (C=O) groups is 2. The number of rotatable bonds is 11. The average molecular weight is 686 g/mol. The highest BCUT2D eigenvalue weighted by molar-refractivity contribution is 7.92. The van der Waals surface area contributed by atoms with E-state index in [4.69, 9.17) is 46.4 Å². The van der Waals surface area contributed by atoms with Gasteiger partial charge in [0.15, 0.2) is 0 Å². The van der Waals surface area contributed by atoms with Gasteiger partial charge in [-0.2, -0.15) is 0 Å². The molecule has 1 saturated carbocycles. The van der Waals surface area contributed by atoms with Gasteiger partial charge in [-0.05, 0) is 48.2 Å². The maximum Gasteiger partial charge on any atom is 0.244 e. The Hall–Kier alpha value is -2.49. The SMILES string of the molecule is CS(=O)(=O)N(CC(=O)N(Cc1cccc(Cl)c1)[C@@H](Cc1ccccc1)C(=O)NC1CCCCC1)c1cc(Cl)c(Cl)cc1Cl.